The molecule has 0 bridgehead atoms. The van der Waals surface area contributed by atoms with Crippen molar-refractivity contribution in [1.82, 2.24) is 15.3 Å². The summed E-state index contributed by atoms with van der Waals surface area (Å²) in [6.45, 7) is 1.96. The predicted molar refractivity (Wildman–Crippen MR) is 132 cm³/mol. The van der Waals surface area contributed by atoms with Gasteiger partial charge in [0, 0.05) is 17.1 Å². The first-order valence-electron chi connectivity index (χ1n) is 10.9. The molecule has 1 amide bonds. The average Bonchev–Trinajstić information content (AvgIpc) is 3.34. The molecule has 9 nitrogen and oxygen atoms in total. The van der Waals surface area contributed by atoms with E-state index in [1.165, 1.54) is 27.3 Å². The van der Waals surface area contributed by atoms with Crippen LogP contribution in [0.3, 0.4) is 0 Å². The van der Waals surface area contributed by atoms with Gasteiger partial charge in [0.05, 0.1) is 26.5 Å². The second-order valence-corrected chi connectivity index (χ2v) is 8.29. The Labute approximate surface area is 207 Å². The van der Waals surface area contributed by atoms with E-state index >= 15 is 0 Å². The number of hydrazone groups is 1. The van der Waals surface area contributed by atoms with Crippen molar-refractivity contribution in [3.8, 4) is 6.01 Å². The average molecular weight is 494 g/mol. The molecule has 0 spiro atoms. The highest BCUT2D eigenvalue weighted by Gasteiger charge is 2.33. The molecule has 180 valence electrons. The summed E-state index contributed by atoms with van der Waals surface area (Å²) in [7, 11) is 2.70. The van der Waals surface area contributed by atoms with Gasteiger partial charge in [-0.2, -0.15) is 10.1 Å². The maximum Gasteiger partial charge on any atom is 0.328 e. The number of benzene rings is 2. The Morgan fingerprint density at radius 3 is 2.49 bits per heavy atom. The number of hydrogen-bond donors (Lipinski definition) is 1. The first-order chi connectivity index (χ1) is 16.9. The molecule has 1 unspecified atom stereocenters. The number of carbonyl (C=O) groups is 2. The quantitative estimate of drug-likeness (QED) is 0.502. The smallest absolute Gasteiger partial charge is 0.328 e. The molecule has 1 aliphatic heterocycles. The third-order valence-electron chi connectivity index (χ3n) is 5.58. The molecule has 10 heteroatoms. The number of anilines is 1. The first-order valence-corrected chi connectivity index (χ1v) is 11.3. The molecule has 1 aliphatic rings. The molecule has 3 aromatic rings. The number of halogens is 1. The number of carbonyl (C=O) groups excluding carboxylic acids is 2. The Morgan fingerprint density at radius 2 is 1.83 bits per heavy atom. The number of methoxy groups -OCH3 is 2. The summed E-state index contributed by atoms with van der Waals surface area (Å²) in [5.74, 6) is -0.936. The number of esters is 1. The lowest BCUT2D eigenvalue weighted by molar-refractivity contribution is -0.142. The van der Waals surface area contributed by atoms with E-state index in [0.717, 1.165) is 16.8 Å². The van der Waals surface area contributed by atoms with Crippen molar-refractivity contribution in [1.29, 1.82) is 0 Å². The van der Waals surface area contributed by atoms with Crippen molar-refractivity contribution < 1.29 is 19.1 Å². The molecule has 0 aliphatic carbocycles. The zero-order chi connectivity index (χ0) is 24.9. The van der Waals surface area contributed by atoms with E-state index < -0.39 is 17.9 Å². The lowest BCUT2D eigenvalue weighted by atomic mass is 9.91. The highest BCUT2D eigenvalue weighted by atomic mass is 35.5. The Hall–Kier alpha value is -3.98. The second-order valence-electron chi connectivity index (χ2n) is 7.85. The van der Waals surface area contributed by atoms with E-state index in [2.05, 4.69) is 15.3 Å². The summed E-state index contributed by atoms with van der Waals surface area (Å²) in [5.41, 5.74) is 2.92. The maximum atomic E-state index is 13.1. The molecule has 0 fully saturated rings. The van der Waals surface area contributed by atoms with Gasteiger partial charge in [0.15, 0.2) is 5.82 Å². The molecule has 2 heterocycles. The van der Waals surface area contributed by atoms with Crippen LogP contribution in [0.2, 0.25) is 5.02 Å². The highest BCUT2D eigenvalue weighted by molar-refractivity contribution is 6.30. The van der Waals surface area contributed by atoms with Gasteiger partial charge in [0.25, 0.3) is 5.91 Å². The van der Waals surface area contributed by atoms with Gasteiger partial charge in [0.1, 0.15) is 11.6 Å². The molecule has 2 aromatic carbocycles. The van der Waals surface area contributed by atoms with Gasteiger partial charge >= 0.3 is 12.0 Å². The van der Waals surface area contributed by atoms with Crippen LogP contribution in [0, 0.1) is 0 Å². The third kappa shape index (κ3) is 5.25. The zero-order valence-electron chi connectivity index (χ0n) is 19.4. The summed E-state index contributed by atoms with van der Waals surface area (Å²) in [6.07, 6.45) is 1.35. The van der Waals surface area contributed by atoms with Crippen LogP contribution in [0.5, 0.6) is 6.01 Å². The number of nitrogens with one attached hydrogen (secondary N) is 1. The SMILES string of the molecule is COC(=O)[C@H](C)NC(=O)c1cnc(OC)nc1N1CC(c2ccccc2)C(c2ccc(Cl)cc2)=N1. The summed E-state index contributed by atoms with van der Waals surface area (Å²) in [5, 5.41) is 9.75. The Kier molecular flexibility index (Phi) is 7.26. The molecule has 2 atom stereocenters. The topological polar surface area (TPSA) is 106 Å². The number of hydrogen-bond acceptors (Lipinski definition) is 8. The summed E-state index contributed by atoms with van der Waals surface area (Å²) >= 11 is 6.10. The van der Waals surface area contributed by atoms with E-state index in [9.17, 15) is 9.59 Å². The number of rotatable bonds is 7. The lowest BCUT2D eigenvalue weighted by Crippen LogP contribution is -2.39. The molecule has 35 heavy (non-hydrogen) atoms. The third-order valence-corrected chi connectivity index (χ3v) is 5.83. The van der Waals surface area contributed by atoms with Crippen molar-refractivity contribution in [2.45, 2.75) is 18.9 Å². The molecule has 4 rings (SSSR count). The van der Waals surface area contributed by atoms with Gasteiger partial charge in [-0.15, -0.1) is 0 Å². The monoisotopic (exact) mass is 493 g/mol. The van der Waals surface area contributed by atoms with Crippen molar-refractivity contribution in [2.24, 2.45) is 5.10 Å². The standard InChI is InChI=1S/C25H24ClN5O4/c1-15(24(33)34-2)28-23(32)19-13-27-25(35-3)29-22(19)31-14-20(16-7-5-4-6-8-16)21(30-31)17-9-11-18(26)12-10-17/h4-13,15,20H,14H2,1-3H3,(H,28,32)/t15-,20?/m0/s1. The van der Waals surface area contributed by atoms with Gasteiger partial charge in [0.2, 0.25) is 0 Å². The molecule has 1 N–H and O–H groups in total. The van der Waals surface area contributed by atoms with Crippen LogP contribution in [-0.4, -0.2) is 54.4 Å². The lowest BCUT2D eigenvalue weighted by Gasteiger charge is -2.19. The maximum absolute atomic E-state index is 13.1. The van der Waals surface area contributed by atoms with Crippen LogP contribution >= 0.6 is 11.6 Å². The molecular weight excluding hydrogens is 470 g/mol. The van der Waals surface area contributed by atoms with Gasteiger partial charge in [-0.25, -0.2) is 14.8 Å². The summed E-state index contributed by atoms with van der Waals surface area (Å²) < 4.78 is 9.91. The van der Waals surface area contributed by atoms with Crippen molar-refractivity contribution >= 4 is 35.0 Å². The Balaban J connectivity index is 1.76. The fraction of sp³-hybridized carbons (Fsp3) is 0.240. The van der Waals surface area contributed by atoms with E-state index in [4.69, 9.17) is 26.2 Å². The van der Waals surface area contributed by atoms with Crippen molar-refractivity contribution in [3.05, 3.63) is 82.5 Å². The molecule has 0 saturated heterocycles. The van der Waals surface area contributed by atoms with Crippen LogP contribution < -0.4 is 15.1 Å². The Morgan fingerprint density at radius 1 is 1.11 bits per heavy atom. The minimum Gasteiger partial charge on any atom is -0.467 e. The molecular formula is C25H24ClN5O4. The van der Waals surface area contributed by atoms with E-state index in [0.29, 0.717) is 11.6 Å². The van der Waals surface area contributed by atoms with Crippen LogP contribution in [0.25, 0.3) is 0 Å². The van der Waals surface area contributed by atoms with Gasteiger partial charge in [-0.1, -0.05) is 54.1 Å². The molecule has 0 radical (unpaired) electrons. The van der Waals surface area contributed by atoms with E-state index in [1.807, 2.05) is 54.6 Å². The van der Waals surface area contributed by atoms with Crippen LogP contribution in [0.1, 0.15) is 34.3 Å². The Bertz CT molecular complexity index is 1250. The normalized spacial score (nSPS) is 15.8. The van der Waals surface area contributed by atoms with Crippen molar-refractivity contribution in [2.75, 3.05) is 25.8 Å². The van der Waals surface area contributed by atoms with Crippen LogP contribution in [0.15, 0.2) is 65.9 Å². The van der Waals surface area contributed by atoms with Gasteiger partial charge in [-0.05, 0) is 30.2 Å². The minimum absolute atomic E-state index is 0.0870. The number of ether oxygens (including phenoxy) is 2. The number of aromatic nitrogens is 2. The van der Waals surface area contributed by atoms with Crippen LogP contribution in [-0.2, 0) is 9.53 Å². The minimum atomic E-state index is -0.855. The van der Waals surface area contributed by atoms with Gasteiger partial charge < -0.3 is 14.8 Å². The van der Waals surface area contributed by atoms with Crippen LogP contribution in [0.4, 0.5) is 5.82 Å². The highest BCUT2D eigenvalue weighted by Crippen LogP contribution is 2.33. The largest absolute Gasteiger partial charge is 0.467 e. The second kappa shape index (κ2) is 10.5. The predicted octanol–water partition coefficient (Wildman–Crippen LogP) is 3.44. The van der Waals surface area contributed by atoms with E-state index in [-0.39, 0.29) is 23.3 Å². The summed E-state index contributed by atoms with van der Waals surface area (Å²) in [6, 6.07) is 16.6. The zero-order valence-corrected chi connectivity index (χ0v) is 20.2. The van der Waals surface area contributed by atoms with E-state index in [1.54, 1.807) is 5.01 Å². The molecule has 1 aromatic heterocycles. The first kappa shape index (κ1) is 24.2. The molecule has 0 saturated carbocycles. The summed E-state index contributed by atoms with van der Waals surface area (Å²) in [4.78, 5) is 33.4. The fourth-order valence-corrected chi connectivity index (χ4v) is 3.91. The van der Waals surface area contributed by atoms with Crippen molar-refractivity contribution in [3.63, 3.8) is 0 Å². The van der Waals surface area contributed by atoms with Gasteiger partial charge in [-0.3, -0.25) is 4.79 Å². The fourth-order valence-electron chi connectivity index (χ4n) is 3.78. The number of amides is 1. The number of nitrogens with zero attached hydrogens (tertiary/aromatic N) is 4.